The van der Waals surface area contributed by atoms with Crippen LogP contribution in [0.15, 0.2) is 60.7 Å². The highest BCUT2D eigenvalue weighted by atomic mass is 16.5. The van der Waals surface area contributed by atoms with Crippen LogP contribution in [0.25, 0.3) is 0 Å². The van der Waals surface area contributed by atoms with E-state index in [1.165, 1.54) is 0 Å². The summed E-state index contributed by atoms with van der Waals surface area (Å²) in [6.07, 6.45) is 1.93. The molecule has 0 aliphatic carbocycles. The van der Waals surface area contributed by atoms with Crippen LogP contribution in [0.5, 0.6) is 5.75 Å². The summed E-state index contributed by atoms with van der Waals surface area (Å²) in [6, 6.07) is 19.8. The standard InChI is InChI=1S/C19H22N2O2/c22-19(20-15-16-7-3-1-4-8-16)21-13-11-18(12-14-21)23-17-9-5-2-6-10-17/h1-10,18H,11-15H2,(H,20,22). The maximum atomic E-state index is 12.2. The summed E-state index contributed by atoms with van der Waals surface area (Å²) in [7, 11) is 0. The minimum absolute atomic E-state index is 0.00649. The van der Waals surface area contributed by atoms with Gasteiger partial charge in [0.1, 0.15) is 11.9 Å². The molecule has 1 N–H and O–H groups in total. The number of para-hydroxylation sites is 1. The number of carbonyl (C=O) groups excluding carboxylic acids is 1. The third kappa shape index (κ3) is 4.49. The van der Waals surface area contributed by atoms with Gasteiger partial charge in [0.25, 0.3) is 0 Å². The summed E-state index contributed by atoms with van der Waals surface area (Å²) in [5.41, 5.74) is 1.11. The molecule has 120 valence electrons. The number of amides is 2. The van der Waals surface area contributed by atoms with Crippen molar-refractivity contribution in [2.24, 2.45) is 0 Å². The molecule has 1 aliphatic rings. The molecule has 2 aromatic carbocycles. The van der Waals surface area contributed by atoms with Crippen LogP contribution in [-0.4, -0.2) is 30.1 Å². The van der Waals surface area contributed by atoms with Crippen molar-refractivity contribution in [3.05, 3.63) is 66.2 Å². The summed E-state index contributed by atoms with van der Waals surface area (Å²) in [6.45, 7) is 2.04. The normalized spacial score (nSPS) is 15.2. The molecule has 1 heterocycles. The zero-order valence-electron chi connectivity index (χ0n) is 13.2. The lowest BCUT2D eigenvalue weighted by Gasteiger charge is -2.32. The predicted molar refractivity (Wildman–Crippen MR) is 90.3 cm³/mol. The number of rotatable bonds is 4. The van der Waals surface area contributed by atoms with E-state index in [0.717, 1.165) is 37.2 Å². The first-order chi connectivity index (χ1) is 11.3. The van der Waals surface area contributed by atoms with E-state index in [0.29, 0.717) is 6.54 Å². The monoisotopic (exact) mass is 310 g/mol. The third-order valence-electron chi connectivity index (χ3n) is 4.06. The molecule has 0 atom stereocenters. The van der Waals surface area contributed by atoms with Crippen molar-refractivity contribution in [3.63, 3.8) is 0 Å². The van der Waals surface area contributed by atoms with Crippen molar-refractivity contribution >= 4 is 6.03 Å². The summed E-state index contributed by atoms with van der Waals surface area (Å²) in [4.78, 5) is 14.1. The van der Waals surface area contributed by atoms with Crippen LogP contribution in [0.1, 0.15) is 18.4 Å². The first kappa shape index (κ1) is 15.4. The van der Waals surface area contributed by atoms with Gasteiger partial charge < -0.3 is 15.0 Å². The van der Waals surface area contributed by atoms with Crippen molar-refractivity contribution in [2.45, 2.75) is 25.5 Å². The van der Waals surface area contributed by atoms with Gasteiger partial charge in [0.05, 0.1) is 0 Å². The van der Waals surface area contributed by atoms with Crippen LogP contribution in [0, 0.1) is 0 Å². The molecule has 0 spiro atoms. The smallest absolute Gasteiger partial charge is 0.317 e. The minimum atomic E-state index is 0.00649. The molecule has 1 saturated heterocycles. The van der Waals surface area contributed by atoms with Crippen molar-refractivity contribution in [3.8, 4) is 5.75 Å². The molecule has 0 aromatic heterocycles. The number of carbonyl (C=O) groups is 1. The minimum Gasteiger partial charge on any atom is -0.490 e. The number of ether oxygens (including phenoxy) is 1. The molecule has 3 rings (SSSR count). The van der Waals surface area contributed by atoms with E-state index < -0.39 is 0 Å². The average Bonchev–Trinajstić information content (AvgIpc) is 2.62. The number of benzene rings is 2. The lowest BCUT2D eigenvalue weighted by atomic mass is 10.1. The van der Waals surface area contributed by atoms with Crippen LogP contribution in [0.4, 0.5) is 4.79 Å². The van der Waals surface area contributed by atoms with Gasteiger partial charge in [0, 0.05) is 32.5 Å². The summed E-state index contributed by atoms with van der Waals surface area (Å²) < 4.78 is 5.95. The Bertz CT molecular complexity index is 608. The fraction of sp³-hybridized carbons (Fsp3) is 0.316. The Hall–Kier alpha value is -2.49. The molecule has 4 nitrogen and oxygen atoms in total. The topological polar surface area (TPSA) is 41.6 Å². The van der Waals surface area contributed by atoms with E-state index in [2.05, 4.69) is 5.32 Å². The Morgan fingerprint density at radius 1 is 1.00 bits per heavy atom. The molecule has 1 fully saturated rings. The summed E-state index contributed by atoms with van der Waals surface area (Å²) >= 11 is 0. The predicted octanol–water partition coefficient (Wildman–Crippen LogP) is 3.44. The van der Waals surface area contributed by atoms with Crippen molar-refractivity contribution < 1.29 is 9.53 Å². The molecule has 0 radical (unpaired) electrons. The molecule has 2 amide bonds. The first-order valence-corrected chi connectivity index (χ1v) is 8.09. The Labute approximate surface area is 137 Å². The zero-order chi connectivity index (χ0) is 15.9. The highest BCUT2D eigenvalue weighted by molar-refractivity contribution is 5.74. The third-order valence-corrected chi connectivity index (χ3v) is 4.06. The Morgan fingerprint density at radius 3 is 2.26 bits per heavy atom. The van der Waals surface area contributed by atoms with Crippen molar-refractivity contribution in [1.29, 1.82) is 0 Å². The van der Waals surface area contributed by atoms with Gasteiger partial charge >= 0.3 is 6.03 Å². The van der Waals surface area contributed by atoms with Crippen molar-refractivity contribution in [2.75, 3.05) is 13.1 Å². The van der Waals surface area contributed by atoms with Gasteiger partial charge in [-0.15, -0.1) is 0 Å². The maximum absolute atomic E-state index is 12.2. The summed E-state index contributed by atoms with van der Waals surface area (Å²) in [5, 5.41) is 2.98. The Balaban J connectivity index is 1.42. The van der Waals surface area contributed by atoms with E-state index in [1.54, 1.807) is 0 Å². The SMILES string of the molecule is O=C(NCc1ccccc1)N1CCC(Oc2ccccc2)CC1. The maximum Gasteiger partial charge on any atom is 0.317 e. The van der Waals surface area contributed by atoms with Gasteiger partial charge in [0.15, 0.2) is 0 Å². The quantitative estimate of drug-likeness (QED) is 0.940. The molecule has 4 heteroatoms. The van der Waals surface area contributed by atoms with Gasteiger partial charge in [-0.1, -0.05) is 48.5 Å². The Morgan fingerprint density at radius 2 is 1.61 bits per heavy atom. The van der Waals surface area contributed by atoms with Gasteiger partial charge in [-0.05, 0) is 17.7 Å². The number of hydrogen-bond donors (Lipinski definition) is 1. The highest BCUT2D eigenvalue weighted by Gasteiger charge is 2.23. The van der Waals surface area contributed by atoms with Crippen molar-refractivity contribution in [1.82, 2.24) is 10.2 Å². The van der Waals surface area contributed by atoms with E-state index in [-0.39, 0.29) is 12.1 Å². The molecule has 1 aliphatic heterocycles. The van der Waals surface area contributed by atoms with Crippen LogP contribution >= 0.6 is 0 Å². The van der Waals surface area contributed by atoms with E-state index in [9.17, 15) is 4.79 Å². The molecule has 2 aromatic rings. The second-order valence-electron chi connectivity index (χ2n) is 5.76. The van der Waals surface area contributed by atoms with E-state index in [1.807, 2.05) is 65.6 Å². The van der Waals surface area contributed by atoms with Crippen LogP contribution in [-0.2, 0) is 6.54 Å². The molecule has 23 heavy (non-hydrogen) atoms. The number of urea groups is 1. The second-order valence-corrected chi connectivity index (χ2v) is 5.76. The van der Waals surface area contributed by atoms with Crippen LogP contribution in [0.3, 0.4) is 0 Å². The second kappa shape index (κ2) is 7.68. The van der Waals surface area contributed by atoms with Gasteiger partial charge in [0.2, 0.25) is 0 Å². The number of hydrogen-bond acceptors (Lipinski definition) is 2. The number of nitrogens with zero attached hydrogens (tertiary/aromatic N) is 1. The fourth-order valence-electron chi connectivity index (χ4n) is 2.75. The van der Waals surface area contributed by atoms with Crippen LogP contribution < -0.4 is 10.1 Å². The molecule has 0 unspecified atom stereocenters. The fourth-order valence-corrected chi connectivity index (χ4v) is 2.75. The lowest BCUT2D eigenvalue weighted by molar-refractivity contribution is 0.111. The summed E-state index contributed by atoms with van der Waals surface area (Å²) in [5.74, 6) is 0.902. The number of piperidine rings is 1. The van der Waals surface area contributed by atoms with Crippen LogP contribution in [0.2, 0.25) is 0 Å². The van der Waals surface area contributed by atoms with Gasteiger partial charge in [-0.3, -0.25) is 0 Å². The molecule has 0 saturated carbocycles. The number of nitrogens with one attached hydrogen (secondary N) is 1. The zero-order valence-corrected chi connectivity index (χ0v) is 13.2. The largest absolute Gasteiger partial charge is 0.490 e. The van der Waals surface area contributed by atoms with Gasteiger partial charge in [-0.2, -0.15) is 0 Å². The lowest BCUT2D eigenvalue weighted by Crippen LogP contribution is -2.46. The highest BCUT2D eigenvalue weighted by Crippen LogP contribution is 2.18. The average molecular weight is 310 g/mol. The van der Waals surface area contributed by atoms with E-state index in [4.69, 9.17) is 4.74 Å². The Kier molecular flexibility index (Phi) is 5.14. The molecular formula is C19H22N2O2. The number of likely N-dealkylation sites (tertiary alicyclic amines) is 1. The van der Waals surface area contributed by atoms with Gasteiger partial charge in [-0.25, -0.2) is 4.79 Å². The van der Waals surface area contributed by atoms with E-state index >= 15 is 0 Å². The molecular weight excluding hydrogens is 288 g/mol. The molecule has 0 bridgehead atoms. The first-order valence-electron chi connectivity index (χ1n) is 8.09.